The van der Waals surface area contributed by atoms with E-state index in [9.17, 15) is 20.1 Å². The first-order valence-electron chi connectivity index (χ1n) is 9.01. The van der Waals surface area contributed by atoms with E-state index in [1.165, 1.54) is 18.9 Å². The van der Waals surface area contributed by atoms with Gasteiger partial charge >= 0.3 is 5.97 Å². The Morgan fingerprint density at radius 2 is 1.48 bits per heavy atom. The maximum absolute atomic E-state index is 10.3. The van der Waals surface area contributed by atoms with Crippen molar-refractivity contribution in [1.29, 1.82) is 0 Å². The van der Waals surface area contributed by atoms with Gasteiger partial charge in [0.05, 0.1) is 6.10 Å². The normalized spacial score (nSPS) is 14.5. The SMILES string of the molecule is CCCCCC(O)CCCCCC=CC=C(O)C(O)=CC=CC(=O)O. The number of aliphatic hydroxyl groups is 3. The maximum Gasteiger partial charge on any atom is 0.328 e. The lowest BCUT2D eigenvalue weighted by molar-refractivity contribution is -0.131. The molecule has 0 aliphatic rings. The molecule has 5 nitrogen and oxygen atoms in total. The first kappa shape index (κ1) is 23.0. The molecule has 0 aromatic rings. The average Bonchev–Trinajstić information content (AvgIpc) is 2.56. The number of aliphatic hydroxyl groups excluding tert-OH is 3. The molecule has 0 aromatic carbocycles. The van der Waals surface area contributed by atoms with E-state index in [4.69, 9.17) is 5.11 Å². The Kier molecular flexibility index (Phi) is 14.3. The second kappa shape index (κ2) is 15.5. The molecule has 0 aliphatic heterocycles. The summed E-state index contributed by atoms with van der Waals surface area (Å²) in [5.74, 6) is -1.83. The minimum atomic E-state index is -1.12. The first-order chi connectivity index (χ1) is 12.0. The molecule has 0 heterocycles. The van der Waals surface area contributed by atoms with Gasteiger partial charge in [0.15, 0.2) is 11.5 Å². The number of unbranched alkanes of at least 4 members (excludes halogenated alkanes) is 5. The van der Waals surface area contributed by atoms with Crippen molar-refractivity contribution < 1.29 is 25.2 Å². The number of carboxylic acid groups (broad SMARTS) is 1. The molecule has 0 rings (SSSR count). The molecule has 1 unspecified atom stereocenters. The van der Waals surface area contributed by atoms with E-state index in [0.717, 1.165) is 63.2 Å². The summed E-state index contributed by atoms with van der Waals surface area (Å²) in [7, 11) is 0. The minimum absolute atomic E-state index is 0.174. The number of aliphatic carboxylic acids is 1. The fourth-order valence-corrected chi connectivity index (χ4v) is 2.24. The summed E-state index contributed by atoms with van der Waals surface area (Å²) in [6.07, 6.45) is 17.0. The van der Waals surface area contributed by atoms with Gasteiger partial charge < -0.3 is 20.4 Å². The van der Waals surface area contributed by atoms with Gasteiger partial charge in [-0.15, -0.1) is 0 Å². The van der Waals surface area contributed by atoms with E-state index in [1.807, 2.05) is 6.08 Å². The highest BCUT2D eigenvalue weighted by Crippen LogP contribution is 2.12. The van der Waals surface area contributed by atoms with Gasteiger partial charge in [-0.2, -0.15) is 0 Å². The van der Waals surface area contributed by atoms with Crippen LogP contribution >= 0.6 is 0 Å². The highest BCUT2D eigenvalue weighted by molar-refractivity contribution is 5.80. The fourth-order valence-electron chi connectivity index (χ4n) is 2.24. The van der Waals surface area contributed by atoms with Crippen molar-refractivity contribution in [2.75, 3.05) is 0 Å². The number of carbonyl (C=O) groups is 1. The number of rotatable bonds is 14. The Morgan fingerprint density at radius 3 is 2.08 bits per heavy atom. The van der Waals surface area contributed by atoms with E-state index in [1.54, 1.807) is 6.08 Å². The van der Waals surface area contributed by atoms with Crippen molar-refractivity contribution in [1.82, 2.24) is 0 Å². The van der Waals surface area contributed by atoms with Crippen molar-refractivity contribution in [3.05, 3.63) is 48.0 Å². The van der Waals surface area contributed by atoms with Crippen LogP contribution in [0, 0.1) is 0 Å². The van der Waals surface area contributed by atoms with Crippen LogP contribution in [-0.2, 0) is 4.79 Å². The van der Waals surface area contributed by atoms with E-state index in [-0.39, 0.29) is 17.6 Å². The van der Waals surface area contributed by atoms with Gasteiger partial charge in [0, 0.05) is 6.08 Å². The van der Waals surface area contributed by atoms with Crippen LogP contribution in [0.3, 0.4) is 0 Å². The first-order valence-corrected chi connectivity index (χ1v) is 9.01. The molecule has 0 fully saturated rings. The molecule has 0 saturated heterocycles. The average molecular weight is 352 g/mol. The number of allylic oxidation sites excluding steroid dienone is 5. The third-order valence-corrected chi connectivity index (χ3v) is 3.69. The summed E-state index contributed by atoms with van der Waals surface area (Å²) >= 11 is 0. The Balaban J connectivity index is 3.85. The summed E-state index contributed by atoms with van der Waals surface area (Å²) in [5, 5.41) is 37.2. The van der Waals surface area contributed by atoms with Crippen molar-refractivity contribution in [3.8, 4) is 0 Å². The zero-order valence-electron chi connectivity index (χ0n) is 15.1. The second-order valence-electron chi connectivity index (χ2n) is 6.02. The maximum atomic E-state index is 10.3. The van der Waals surface area contributed by atoms with Gasteiger partial charge in [0.25, 0.3) is 0 Å². The summed E-state index contributed by atoms with van der Waals surface area (Å²) in [4.78, 5) is 10.3. The quantitative estimate of drug-likeness (QED) is 0.153. The second-order valence-corrected chi connectivity index (χ2v) is 6.02. The van der Waals surface area contributed by atoms with Crippen LogP contribution in [-0.4, -0.2) is 32.5 Å². The summed E-state index contributed by atoms with van der Waals surface area (Å²) in [6, 6.07) is 0. The molecule has 0 amide bonds. The van der Waals surface area contributed by atoms with Crippen LogP contribution in [0.5, 0.6) is 0 Å². The topological polar surface area (TPSA) is 98.0 Å². The molecule has 1 atom stereocenters. The van der Waals surface area contributed by atoms with Gasteiger partial charge in [-0.05, 0) is 37.8 Å². The molecular weight excluding hydrogens is 320 g/mol. The van der Waals surface area contributed by atoms with Crippen LogP contribution in [0.2, 0.25) is 0 Å². The minimum Gasteiger partial charge on any atom is -0.504 e. The molecule has 0 radical (unpaired) electrons. The summed E-state index contributed by atoms with van der Waals surface area (Å²) < 4.78 is 0. The smallest absolute Gasteiger partial charge is 0.328 e. The number of hydrogen-bond acceptors (Lipinski definition) is 4. The Labute approximate surface area is 150 Å². The van der Waals surface area contributed by atoms with Gasteiger partial charge in [0.1, 0.15) is 0 Å². The summed E-state index contributed by atoms with van der Waals surface area (Å²) in [5.41, 5.74) is 0. The van der Waals surface area contributed by atoms with Gasteiger partial charge in [-0.25, -0.2) is 4.79 Å². The molecule has 0 aliphatic carbocycles. The van der Waals surface area contributed by atoms with Gasteiger partial charge in [-0.3, -0.25) is 0 Å². The van der Waals surface area contributed by atoms with Crippen molar-refractivity contribution >= 4 is 5.97 Å². The zero-order valence-corrected chi connectivity index (χ0v) is 15.1. The van der Waals surface area contributed by atoms with Crippen LogP contribution in [0.1, 0.15) is 64.7 Å². The van der Waals surface area contributed by atoms with Crippen molar-refractivity contribution in [3.63, 3.8) is 0 Å². The molecule has 25 heavy (non-hydrogen) atoms. The lowest BCUT2D eigenvalue weighted by Crippen LogP contribution is -2.05. The Hall–Kier alpha value is -2.01. The highest BCUT2D eigenvalue weighted by Gasteiger charge is 2.02. The fraction of sp³-hybridized carbons (Fsp3) is 0.550. The summed E-state index contributed by atoms with van der Waals surface area (Å²) in [6.45, 7) is 2.16. The molecule has 0 spiro atoms. The predicted molar refractivity (Wildman–Crippen MR) is 101 cm³/mol. The van der Waals surface area contributed by atoms with E-state index < -0.39 is 5.97 Å². The van der Waals surface area contributed by atoms with Crippen LogP contribution in [0.4, 0.5) is 0 Å². The van der Waals surface area contributed by atoms with E-state index >= 15 is 0 Å². The Bertz CT molecular complexity index is 474. The molecule has 5 heteroatoms. The van der Waals surface area contributed by atoms with E-state index in [0.29, 0.717) is 0 Å². The van der Waals surface area contributed by atoms with Crippen LogP contribution in [0.25, 0.3) is 0 Å². The molecule has 142 valence electrons. The molecular formula is C20H32O5. The lowest BCUT2D eigenvalue weighted by Gasteiger charge is -2.09. The zero-order chi connectivity index (χ0) is 18.9. The largest absolute Gasteiger partial charge is 0.504 e. The highest BCUT2D eigenvalue weighted by atomic mass is 16.4. The van der Waals surface area contributed by atoms with Crippen LogP contribution in [0.15, 0.2) is 48.0 Å². The third kappa shape index (κ3) is 15.3. The number of carboxylic acids is 1. The van der Waals surface area contributed by atoms with Crippen molar-refractivity contribution in [2.24, 2.45) is 0 Å². The third-order valence-electron chi connectivity index (χ3n) is 3.69. The molecule has 0 bridgehead atoms. The lowest BCUT2D eigenvalue weighted by atomic mass is 10.0. The van der Waals surface area contributed by atoms with Gasteiger partial charge in [-0.1, -0.05) is 57.3 Å². The monoisotopic (exact) mass is 352 g/mol. The van der Waals surface area contributed by atoms with Crippen molar-refractivity contribution in [2.45, 2.75) is 70.8 Å². The van der Waals surface area contributed by atoms with Crippen LogP contribution < -0.4 is 0 Å². The molecule has 0 saturated carbocycles. The van der Waals surface area contributed by atoms with Gasteiger partial charge in [0.2, 0.25) is 0 Å². The predicted octanol–water partition coefficient (Wildman–Crippen LogP) is 4.96. The molecule has 4 N–H and O–H groups in total. The standard InChI is InChI=1S/C20H32O5/c1-2-3-8-12-17(21)13-9-6-4-5-7-10-14-18(22)19(23)15-11-16-20(24)25/h7,10-11,14-17,21-23H,2-6,8-9,12-13H2,1H3,(H,24,25). The Morgan fingerprint density at radius 1 is 0.880 bits per heavy atom. The van der Waals surface area contributed by atoms with E-state index in [2.05, 4.69) is 6.92 Å². The molecule has 0 aromatic heterocycles. The number of hydrogen-bond donors (Lipinski definition) is 4.